The number of halogens is 1. The summed E-state index contributed by atoms with van der Waals surface area (Å²) in [5.74, 6) is -2.06. The summed E-state index contributed by atoms with van der Waals surface area (Å²) in [5, 5.41) is 0. The lowest BCUT2D eigenvalue weighted by Gasteiger charge is -2.27. The molecule has 0 heterocycles. The summed E-state index contributed by atoms with van der Waals surface area (Å²) >= 11 is 3.39. The number of primary amides is 1. The number of carbonyl (C=O) groups excluding carboxylic acids is 1. The van der Waals surface area contributed by atoms with Gasteiger partial charge in [0.25, 0.3) is 11.7 Å². The fraction of sp³-hybridized carbons (Fsp3) is 0.364. The van der Waals surface area contributed by atoms with Crippen LogP contribution in [0.15, 0.2) is 28.7 Å². The number of hydrogen-bond donors (Lipinski definition) is 1. The Balaban J connectivity index is 3.01. The van der Waals surface area contributed by atoms with Gasteiger partial charge in [0.15, 0.2) is 0 Å². The highest BCUT2D eigenvalue weighted by molar-refractivity contribution is 9.10. The molecule has 0 unspecified atom stereocenters. The van der Waals surface area contributed by atoms with E-state index in [9.17, 15) is 4.79 Å². The Morgan fingerprint density at radius 3 is 2.38 bits per heavy atom. The van der Waals surface area contributed by atoms with Gasteiger partial charge in [-0.15, -0.1) is 0 Å². The third-order valence-corrected chi connectivity index (χ3v) is 3.19. The number of benzene rings is 1. The van der Waals surface area contributed by atoms with Crippen molar-refractivity contribution >= 4 is 21.8 Å². The first-order valence-corrected chi connectivity index (χ1v) is 5.48. The van der Waals surface area contributed by atoms with Crippen molar-refractivity contribution in [3.63, 3.8) is 0 Å². The number of amides is 1. The number of rotatable bonds is 5. The van der Waals surface area contributed by atoms with Crippen molar-refractivity contribution in [3.05, 3.63) is 34.3 Å². The van der Waals surface area contributed by atoms with Gasteiger partial charge in [-0.2, -0.15) is 0 Å². The molecule has 0 saturated heterocycles. The highest BCUT2D eigenvalue weighted by atomic mass is 79.9. The number of carbonyl (C=O) groups is 1. The topological polar surface area (TPSA) is 61.6 Å². The Kier molecular flexibility index (Phi) is 4.46. The van der Waals surface area contributed by atoms with E-state index in [1.165, 1.54) is 14.2 Å². The van der Waals surface area contributed by atoms with Crippen LogP contribution in [0.4, 0.5) is 0 Å². The van der Waals surface area contributed by atoms with Crippen molar-refractivity contribution < 1.29 is 14.3 Å². The standard InChI is InChI=1S/C11H14BrNO3/c1-15-11(16-2,10(13)14)7-8-5-3-4-6-9(8)12/h3-6H,7H2,1-2H3,(H2,13,14). The van der Waals surface area contributed by atoms with E-state index < -0.39 is 11.7 Å². The summed E-state index contributed by atoms with van der Waals surface area (Å²) in [7, 11) is 2.79. The molecule has 1 amide bonds. The minimum Gasteiger partial charge on any atom is -0.365 e. The van der Waals surface area contributed by atoms with Gasteiger partial charge < -0.3 is 15.2 Å². The maximum atomic E-state index is 11.4. The van der Waals surface area contributed by atoms with Crippen molar-refractivity contribution in [2.24, 2.45) is 5.73 Å². The molecule has 2 N–H and O–H groups in total. The van der Waals surface area contributed by atoms with Crippen molar-refractivity contribution in [1.29, 1.82) is 0 Å². The van der Waals surface area contributed by atoms with Crippen LogP contribution in [-0.2, 0) is 20.7 Å². The van der Waals surface area contributed by atoms with E-state index >= 15 is 0 Å². The largest absolute Gasteiger partial charge is 0.365 e. The molecule has 0 fully saturated rings. The molecule has 88 valence electrons. The van der Waals surface area contributed by atoms with Crippen LogP contribution < -0.4 is 5.73 Å². The second-order valence-electron chi connectivity index (χ2n) is 3.29. The third kappa shape index (κ3) is 2.61. The second kappa shape index (κ2) is 5.43. The fourth-order valence-electron chi connectivity index (χ4n) is 1.41. The van der Waals surface area contributed by atoms with E-state index in [-0.39, 0.29) is 6.42 Å². The average Bonchev–Trinajstić information content (AvgIpc) is 2.28. The predicted molar refractivity (Wildman–Crippen MR) is 63.8 cm³/mol. The Hall–Kier alpha value is -0.910. The Morgan fingerprint density at radius 2 is 1.94 bits per heavy atom. The Morgan fingerprint density at radius 1 is 1.38 bits per heavy atom. The highest BCUT2D eigenvalue weighted by Gasteiger charge is 2.37. The smallest absolute Gasteiger partial charge is 0.278 e. The summed E-state index contributed by atoms with van der Waals surface area (Å²) in [6.45, 7) is 0. The molecule has 0 aliphatic rings. The van der Waals surface area contributed by atoms with Crippen molar-refractivity contribution in [2.75, 3.05) is 14.2 Å². The summed E-state index contributed by atoms with van der Waals surface area (Å²) in [6, 6.07) is 7.52. The summed E-state index contributed by atoms with van der Waals surface area (Å²) in [5.41, 5.74) is 6.18. The van der Waals surface area contributed by atoms with Crippen LogP contribution in [0, 0.1) is 0 Å². The normalized spacial score (nSPS) is 11.4. The van der Waals surface area contributed by atoms with Gasteiger partial charge in [-0.1, -0.05) is 34.1 Å². The molecule has 0 atom stereocenters. The molecule has 0 aliphatic heterocycles. The fourth-order valence-corrected chi connectivity index (χ4v) is 1.83. The molecule has 0 spiro atoms. The van der Waals surface area contributed by atoms with E-state index in [1.807, 2.05) is 24.3 Å². The first kappa shape index (κ1) is 13.2. The highest BCUT2D eigenvalue weighted by Crippen LogP contribution is 2.24. The zero-order chi connectivity index (χ0) is 12.2. The molecule has 16 heavy (non-hydrogen) atoms. The molecular formula is C11H14BrNO3. The van der Waals surface area contributed by atoms with Crippen LogP contribution in [-0.4, -0.2) is 25.9 Å². The molecule has 0 saturated carbocycles. The maximum Gasteiger partial charge on any atom is 0.278 e. The Labute approximate surface area is 103 Å². The Bertz CT molecular complexity index is 377. The van der Waals surface area contributed by atoms with Gasteiger partial charge in [-0.25, -0.2) is 0 Å². The first-order chi connectivity index (χ1) is 7.55. The number of ether oxygens (including phenoxy) is 2. The second-order valence-corrected chi connectivity index (χ2v) is 4.15. The van der Waals surface area contributed by atoms with Gasteiger partial charge in [-0.3, -0.25) is 4.79 Å². The lowest BCUT2D eigenvalue weighted by Crippen LogP contribution is -2.49. The van der Waals surface area contributed by atoms with Gasteiger partial charge in [-0.05, 0) is 11.6 Å². The first-order valence-electron chi connectivity index (χ1n) is 4.69. The van der Waals surface area contributed by atoms with Crippen LogP contribution >= 0.6 is 15.9 Å². The van der Waals surface area contributed by atoms with E-state index in [0.717, 1.165) is 10.0 Å². The van der Waals surface area contributed by atoms with E-state index in [1.54, 1.807) is 0 Å². The monoisotopic (exact) mass is 287 g/mol. The van der Waals surface area contributed by atoms with Gasteiger partial charge in [0.2, 0.25) is 0 Å². The van der Waals surface area contributed by atoms with Crippen LogP contribution in [0.25, 0.3) is 0 Å². The predicted octanol–water partition coefficient (Wildman–Crippen LogP) is 1.47. The SMILES string of the molecule is COC(Cc1ccccc1Br)(OC)C(N)=O. The summed E-state index contributed by atoms with van der Waals surface area (Å²) in [4.78, 5) is 11.4. The van der Waals surface area contributed by atoms with E-state index in [2.05, 4.69) is 15.9 Å². The number of methoxy groups -OCH3 is 2. The quantitative estimate of drug-likeness (QED) is 0.834. The third-order valence-electron chi connectivity index (χ3n) is 2.42. The van der Waals surface area contributed by atoms with Crippen molar-refractivity contribution in [2.45, 2.75) is 12.2 Å². The van der Waals surface area contributed by atoms with Crippen LogP contribution in [0.3, 0.4) is 0 Å². The van der Waals surface area contributed by atoms with Crippen LogP contribution in [0.2, 0.25) is 0 Å². The zero-order valence-corrected chi connectivity index (χ0v) is 10.8. The van der Waals surface area contributed by atoms with Crippen LogP contribution in [0.5, 0.6) is 0 Å². The average molecular weight is 288 g/mol. The van der Waals surface area contributed by atoms with Crippen molar-refractivity contribution in [3.8, 4) is 0 Å². The summed E-state index contributed by atoms with van der Waals surface area (Å²) in [6.07, 6.45) is 0.261. The van der Waals surface area contributed by atoms with Crippen molar-refractivity contribution in [1.82, 2.24) is 0 Å². The van der Waals surface area contributed by atoms with Crippen LogP contribution in [0.1, 0.15) is 5.56 Å². The molecule has 1 aromatic rings. The molecule has 1 aromatic carbocycles. The molecule has 0 aliphatic carbocycles. The molecule has 0 bridgehead atoms. The summed E-state index contributed by atoms with van der Waals surface area (Å²) < 4.78 is 11.1. The lowest BCUT2D eigenvalue weighted by molar-refractivity contribution is -0.205. The lowest BCUT2D eigenvalue weighted by atomic mass is 10.0. The van der Waals surface area contributed by atoms with Gasteiger partial charge >= 0.3 is 0 Å². The van der Waals surface area contributed by atoms with Gasteiger partial charge in [0.1, 0.15) is 0 Å². The minimum absolute atomic E-state index is 0.261. The molecule has 5 heteroatoms. The number of nitrogens with two attached hydrogens (primary N) is 1. The molecule has 4 nitrogen and oxygen atoms in total. The zero-order valence-electron chi connectivity index (χ0n) is 9.20. The van der Waals surface area contributed by atoms with Gasteiger partial charge in [0, 0.05) is 25.1 Å². The van der Waals surface area contributed by atoms with E-state index in [4.69, 9.17) is 15.2 Å². The van der Waals surface area contributed by atoms with E-state index in [0.29, 0.717) is 0 Å². The number of hydrogen-bond acceptors (Lipinski definition) is 3. The molecule has 0 aromatic heterocycles. The molecular weight excluding hydrogens is 274 g/mol. The maximum absolute atomic E-state index is 11.4. The van der Waals surface area contributed by atoms with Gasteiger partial charge in [0.05, 0.1) is 0 Å². The molecule has 1 rings (SSSR count). The minimum atomic E-state index is -1.41. The molecule has 0 radical (unpaired) electrons.